The molecule has 0 radical (unpaired) electrons. The molecule has 0 spiro atoms. The summed E-state index contributed by atoms with van der Waals surface area (Å²) < 4.78 is 1.25. The van der Waals surface area contributed by atoms with Crippen molar-refractivity contribution in [1.29, 1.82) is 0 Å². The first-order valence-electron chi connectivity index (χ1n) is 8.42. The van der Waals surface area contributed by atoms with Crippen molar-refractivity contribution in [3.05, 3.63) is 29.3 Å². The maximum absolute atomic E-state index is 12.3. The fraction of sp³-hybridized carbons (Fsp3) is 0.556. The van der Waals surface area contributed by atoms with Crippen LogP contribution in [0.1, 0.15) is 37.6 Å². The maximum Gasteiger partial charge on any atom is 0.222 e. The topological polar surface area (TPSA) is 59.2 Å². The van der Waals surface area contributed by atoms with E-state index in [1.54, 1.807) is 11.3 Å². The summed E-state index contributed by atoms with van der Waals surface area (Å²) in [4.78, 5) is 18.9. The normalized spacial score (nSPS) is 19.5. The van der Waals surface area contributed by atoms with Crippen LogP contribution in [0.5, 0.6) is 0 Å². The predicted octanol–water partition coefficient (Wildman–Crippen LogP) is 4.05. The molecule has 25 heavy (non-hydrogen) atoms. The third kappa shape index (κ3) is 5.55. The molecule has 140 valence electrons. The molecule has 0 aliphatic carbocycles. The highest BCUT2D eigenvalue weighted by Crippen LogP contribution is 2.29. The Balaban J connectivity index is 0.00000156. The van der Waals surface area contributed by atoms with Gasteiger partial charge in [-0.15, -0.1) is 36.2 Å². The minimum atomic E-state index is 0. The molecule has 1 aliphatic heterocycles. The van der Waals surface area contributed by atoms with Crippen molar-refractivity contribution in [2.45, 2.75) is 39.0 Å². The number of unbranched alkanes of at least 4 members (excludes halogenated alkanes) is 1. The van der Waals surface area contributed by atoms with Gasteiger partial charge in [-0.2, -0.15) is 0 Å². The predicted molar refractivity (Wildman–Crippen MR) is 110 cm³/mol. The van der Waals surface area contributed by atoms with E-state index >= 15 is 0 Å². The second-order valence-corrected chi connectivity index (χ2v) is 7.98. The Kier molecular flexibility index (Phi) is 8.61. The van der Waals surface area contributed by atoms with Crippen LogP contribution in [0.3, 0.4) is 0 Å². The monoisotopic (exact) mass is 403 g/mol. The molecule has 1 aromatic carbocycles. The van der Waals surface area contributed by atoms with Gasteiger partial charge in [0.15, 0.2) is 0 Å². The smallest absolute Gasteiger partial charge is 0.222 e. The molecule has 0 saturated carbocycles. The highest BCUT2D eigenvalue weighted by Gasteiger charge is 2.34. The maximum atomic E-state index is 12.3. The molecule has 1 fully saturated rings. The third-order valence-corrected chi connectivity index (χ3v) is 5.87. The number of halogens is 2. The molecule has 3 rings (SSSR count). The fourth-order valence-corrected chi connectivity index (χ4v) is 4.15. The van der Waals surface area contributed by atoms with Crippen molar-refractivity contribution in [2.75, 3.05) is 19.6 Å². The van der Waals surface area contributed by atoms with E-state index in [-0.39, 0.29) is 36.1 Å². The van der Waals surface area contributed by atoms with Gasteiger partial charge in [0, 0.05) is 19.5 Å². The van der Waals surface area contributed by atoms with Gasteiger partial charge >= 0.3 is 0 Å². The van der Waals surface area contributed by atoms with E-state index in [1.165, 1.54) is 9.71 Å². The van der Waals surface area contributed by atoms with Crippen LogP contribution in [-0.2, 0) is 11.2 Å². The van der Waals surface area contributed by atoms with Gasteiger partial charge < -0.3 is 10.6 Å². The number of nitrogens with two attached hydrogens (primary N) is 1. The third-order valence-electron chi connectivity index (χ3n) is 4.77. The van der Waals surface area contributed by atoms with Gasteiger partial charge in [-0.05, 0) is 49.8 Å². The lowest BCUT2D eigenvalue weighted by Crippen LogP contribution is -2.34. The molecule has 1 aromatic heterocycles. The lowest BCUT2D eigenvalue weighted by Gasteiger charge is -2.22. The summed E-state index contributed by atoms with van der Waals surface area (Å²) in [7, 11) is 0. The van der Waals surface area contributed by atoms with Gasteiger partial charge in [0.2, 0.25) is 5.91 Å². The first-order valence-corrected chi connectivity index (χ1v) is 9.24. The first-order chi connectivity index (χ1) is 11.1. The first kappa shape index (κ1) is 22.2. The van der Waals surface area contributed by atoms with Gasteiger partial charge in [-0.1, -0.05) is 19.1 Å². The Hall–Kier alpha value is -0.880. The van der Waals surface area contributed by atoms with Crippen molar-refractivity contribution in [3.63, 3.8) is 0 Å². The van der Waals surface area contributed by atoms with Crippen molar-refractivity contribution in [3.8, 4) is 0 Å². The van der Waals surface area contributed by atoms with E-state index in [0.29, 0.717) is 13.0 Å². The Labute approximate surface area is 166 Å². The van der Waals surface area contributed by atoms with E-state index < -0.39 is 0 Å². The van der Waals surface area contributed by atoms with Crippen LogP contribution < -0.4 is 5.73 Å². The number of nitrogens with zero attached hydrogens (tertiary/aromatic N) is 2. The van der Waals surface area contributed by atoms with Crippen molar-refractivity contribution >= 4 is 52.3 Å². The lowest BCUT2D eigenvalue weighted by atomic mass is 9.90. The van der Waals surface area contributed by atoms with Crippen molar-refractivity contribution in [1.82, 2.24) is 9.88 Å². The molecule has 0 bridgehead atoms. The van der Waals surface area contributed by atoms with Crippen LogP contribution in [0.15, 0.2) is 24.3 Å². The summed E-state index contributed by atoms with van der Waals surface area (Å²) in [5.74, 6) is 0.284. The number of amides is 1. The SMILES string of the molecule is CC1(CN)CCN(C(=O)CCCCc2nc3ccccc3s2)C1.Cl.Cl. The number of aryl methyl sites for hydroxylation is 1. The quantitative estimate of drug-likeness (QED) is 0.739. The fourth-order valence-electron chi connectivity index (χ4n) is 3.14. The van der Waals surface area contributed by atoms with Gasteiger partial charge in [-0.25, -0.2) is 4.98 Å². The van der Waals surface area contributed by atoms with Crippen LogP contribution in [-0.4, -0.2) is 35.4 Å². The van der Waals surface area contributed by atoms with E-state index in [9.17, 15) is 4.79 Å². The van der Waals surface area contributed by atoms with Crippen molar-refractivity contribution < 1.29 is 4.79 Å². The Morgan fingerprint density at radius 3 is 2.76 bits per heavy atom. The highest BCUT2D eigenvalue weighted by atomic mass is 35.5. The number of carbonyl (C=O) groups is 1. The number of likely N-dealkylation sites (tertiary alicyclic amines) is 1. The molecule has 1 saturated heterocycles. The summed E-state index contributed by atoms with van der Waals surface area (Å²) in [6.07, 6.45) is 4.60. The van der Waals surface area contributed by atoms with Gasteiger partial charge in [0.05, 0.1) is 15.2 Å². The molecular weight excluding hydrogens is 377 g/mol. The standard InChI is InChI=1S/C18H25N3OS.2ClH/c1-18(12-19)10-11-21(13-18)17(22)9-5-4-8-16-20-14-6-2-3-7-15(14)23-16;;/h2-3,6-7H,4-5,8-13,19H2,1H3;2*1H. The van der Waals surface area contributed by atoms with E-state index in [0.717, 1.165) is 44.3 Å². The Morgan fingerprint density at radius 1 is 1.32 bits per heavy atom. The molecule has 4 nitrogen and oxygen atoms in total. The zero-order chi connectivity index (χ0) is 16.3. The largest absolute Gasteiger partial charge is 0.342 e. The molecule has 2 N–H and O–H groups in total. The summed E-state index contributed by atoms with van der Waals surface area (Å²) in [6.45, 7) is 4.52. The summed E-state index contributed by atoms with van der Waals surface area (Å²) >= 11 is 1.76. The van der Waals surface area contributed by atoms with Crippen molar-refractivity contribution in [2.24, 2.45) is 11.1 Å². The summed E-state index contributed by atoms with van der Waals surface area (Å²) in [5.41, 5.74) is 7.01. The van der Waals surface area contributed by atoms with Crippen LogP contribution in [0.2, 0.25) is 0 Å². The highest BCUT2D eigenvalue weighted by molar-refractivity contribution is 7.18. The molecule has 1 amide bonds. The minimum Gasteiger partial charge on any atom is -0.342 e. The van der Waals surface area contributed by atoms with Crippen LogP contribution in [0.4, 0.5) is 0 Å². The van der Waals surface area contributed by atoms with E-state index in [2.05, 4.69) is 24.0 Å². The van der Waals surface area contributed by atoms with E-state index in [1.807, 2.05) is 17.0 Å². The average Bonchev–Trinajstić information content (AvgIpc) is 3.15. The van der Waals surface area contributed by atoms with Crippen LogP contribution in [0.25, 0.3) is 10.2 Å². The number of carbonyl (C=O) groups excluding carboxylic acids is 1. The second kappa shape index (κ2) is 9.72. The number of aromatic nitrogens is 1. The van der Waals surface area contributed by atoms with Gasteiger partial charge in [-0.3, -0.25) is 4.79 Å². The van der Waals surface area contributed by atoms with Crippen LogP contribution in [0, 0.1) is 5.41 Å². The number of para-hydroxylation sites is 1. The molecule has 2 heterocycles. The summed E-state index contributed by atoms with van der Waals surface area (Å²) in [6, 6.07) is 8.24. The second-order valence-electron chi connectivity index (χ2n) is 6.86. The molecule has 2 aromatic rings. The number of hydrogen-bond acceptors (Lipinski definition) is 4. The summed E-state index contributed by atoms with van der Waals surface area (Å²) in [5, 5.41) is 1.18. The molecule has 7 heteroatoms. The zero-order valence-electron chi connectivity index (χ0n) is 14.6. The Morgan fingerprint density at radius 2 is 2.08 bits per heavy atom. The number of fused-ring (bicyclic) bond motifs is 1. The van der Waals surface area contributed by atoms with Gasteiger partial charge in [0.25, 0.3) is 0 Å². The number of benzene rings is 1. The molecule has 1 aliphatic rings. The molecule has 1 unspecified atom stereocenters. The average molecular weight is 404 g/mol. The number of rotatable bonds is 6. The molecule has 1 atom stereocenters. The lowest BCUT2D eigenvalue weighted by molar-refractivity contribution is -0.130. The van der Waals surface area contributed by atoms with Gasteiger partial charge in [0.1, 0.15) is 0 Å². The minimum absolute atomic E-state index is 0. The molecular formula is C18H27Cl2N3OS. The van der Waals surface area contributed by atoms with Crippen LogP contribution >= 0.6 is 36.2 Å². The number of hydrogen-bond donors (Lipinski definition) is 1. The number of thiazole rings is 1. The zero-order valence-corrected chi connectivity index (χ0v) is 17.0. The Bertz CT molecular complexity index is 661. The van der Waals surface area contributed by atoms with E-state index in [4.69, 9.17) is 5.73 Å².